The van der Waals surface area contributed by atoms with Gasteiger partial charge in [0.2, 0.25) is 5.95 Å². The Bertz CT molecular complexity index is 828. The molecule has 0 bridgehead atoms. The molecule has 1 aliphatic heterocycles. The first-order valence-electron chi connectivity index (χ1n) is 8.33. The minimum atomic E-state index is -0.370. The molecule has 1 aromatic carbocycles. The summed E-state index contributed by atoms with van der Waals surface area (Å²) in [5.41, 5.74) is 2.34. The molecule has 0 fully saturated rings. The van der Waals surface area contributed by atoms with Gasteiger partial charge in [0.15, 0.2) is 5.78 Å². The Morgan fingerprint density at radius 1 is 1.44 bits per heavy atom. The number of hydrogen-bond donors (Lipinski definition) is 1. The molecular formula is C18H21BrN4O2. The van der Waals surface area contributed by atoms with Crippen LogP contribution in [0.4, 0.5) is 5.95 Å². The largest absolute Gasteiger partial charge is 0.493 e. The molecule has 2 heterocycles. The van der Waals surface area contributed by atoms with E-state index in [4.69, 9.17) is 4.74 Å². The number of nitrogens with one attached hydrogen (secondary N) is 1. The van der Waals surface area contributed by atoms with Gasteiger partial charge in [-0.1, -0.05) is 29.3 Å². The van der Waals surface area contributed by atoms with Gasteiger partial charge < -0.3 is 10.1 Å². The fourth-order valence-corrected chi connectivity index (χ4v) is 3.40. The summed E-state index contributed by atoms with van der Waals surface area (Å²) in [6, 6.07) is 5.49. The zero-order chi connectivity index (χ0) is 18.0. The normalized spacial score (nSPS) is 16.4. The van der Waals surface area contributed by atoms with Crippen LogP contribution in [0.15, 0.2) is 40.3 Å². The van der Waals surface area contributed by atoms with Gasteiger partial charge in [0.05, 0.1) is 6.61 Å². The maximum atomic E-state index is 12.4. The zero-order valence-corrected chi connectivity index (χ0v) is 16.1. The van der Waals surface area contributed by atoms with Gasteiger partial charge >= 0.3 is 0 Å². The van der Waals surface area contributed by atoms with Gasteiger partial charge in [-0.3, -0.25) is 4.79 Å². The molecule has 0 radical (unpaired) electrons. The van der Waals surface area contributed by atoms with Crippen LogP contribution in [0.3, 0.4) is 0 Å². The molecule has 6 nitrogen and oxygen atoms in total. The molecule has 1 atom stereocenters. The van der Waals surface area contributed by atoms with Crippen LogP contribution in [0.2, 0.25) is 0 Å². The van der Waals surface area contributed by atoms with Crippen LogP contribution < -0.4 is 10.1 Å². The van der Waals surface area contributed by atoms with Crippen LogP contribution in [0, 0.1) is 0 Å². The fourth-order valence-electron chi connectivity index (χ4n) is 3.03. The highest BCUT2D eigenvalue weighted by Crippen LogP contribution is 2.40. The molecular weight excluding hydrogens is 384 g/mol. The number of benzene rings is 1. The first-order valence-corrected chi connectivity index (χ1v) is 9.12. The topological polar surface area (TPSA) is 69.0 Å². The number of ether oxygens (including phenoxy) is 1. The summed E-state index contributed by atoms with van der Waals surface area (Å²) in [5.74, 6) is 1.37. The third-order valence-electron chi connectivity index (χ3n) is 4.20. The lowest BCUT2D eigenvalue weighted by atomic mass is 9.92. The molecule has 1 N–H and O–H groups in total. The predicted molar refractivity (Wildman–Crippen MR) is 99.7 cm³/mol. The minimum absolute atomic E-state index is 0.00404. The van der Waals surface area contributed by atoms with Crippen molar-refractivity contribution in [2.45, 2.75) is 39.7 Å². The molecule has 2 aromatic rings. The number of Topliss-reactive ketones (excluding diaryl/α,β-unsaturated/α-hetero) is 1. The number of aromatic nitrogens is 3. The van der Waals surface area contributed by atoms with E-state index in [1.807, 2.05) is 25.1 Å². The van der Waals surface area contributed by atoms with Gasteiger partial charge in [-0.25, -0.2) is 4.68 Å². The van der Waals surface area contributed by atoms with Crippen LogP contribution in [0.1, 0.15) is 45.2 Å². The number of halogens is 1. The average molecular weight is 405 g/mol. The van der Waals surface area contributed by atoms with Crippen LogP contribution in [0.25, 0.3) is 0 Å². The number of rotatable bonds is 6. The third kappa shape index (κ3) is 3.46. The summed E-state index contributed by atoms with van der Waals surface area (Å²) in [7, 11) is 0. The number of unbranched alkanes of at least 4 members (excludes halogenated alkanes) is 1. The molecule has 0 amide bonds. The number of carbonyl (C=O) groups excluding carboxylic acids is 1. The van der Waals surface area contributed by atoms with Crippen molar-refractivity contribution in [3.8, 4) is 5.75 Å². The zero-order valence-electron chi connectivity index (χ0n) is 14.5. The van der Waals surface area contributed by atoms with E-state index in [0.29, 0.717) is 18.1 Å². The monoisotopic (exact) mass is 404 g/mol. The number of anilines is 1. The smallest absolute Gasteiger partial charge is 0.226 e. The summed E-state index contributed by atoms with van der Waals surface area (Å²) >= 11 is 3.53. The lowest BCUT2D eigenvalue weighted by Gasteiger charge is -2.29. The van der Waals surface area contributed by atoms with E-state index in [9.17, 15) is 4.79 Å². The molecule has 0 saturated carbocycles. The van der Waals surface area contributed by atoms with Crippen molar-refractivity contribution in [3.05, 3.63) is 45.8 Å². The summed E-state index contributed by atoms with van der Waals surface area (Å²) in [5, 5.41) is 7.49. The molecule has 0 saturated heterocycles. The second kappa shape index (κ2) is 7.39. The Morgan fingerprint density at radius 3 is 2.96 bits per heavy atom. The van der Waals surface area contributed by atoms with E-state index < -0.39 is 0 Å². The maximum Gasteiger partial charge on any atom is 0.226 e. The van der Waals surface area contributed by atoms with Gasteiger partial charge in [0.25, 0.3) is 0 Å². The second-order valence-electron chi connectivity index (χ2n) is 6.03. The number of nitrogens with zero attached hydrogens (tertiary/aromatic N) is 3. The van der Waals surface area contributed by atoms with Crippen molar-refractivity contribution >= 4 is 27.7 Å². The number of allylic oxidation sites excluding steroid dienone is 2. The maximum absolute atomic E-state index is 12.4. The lowest BCUT2D eigenvalue weighted by Crippen LogP contribution is -2.28. The molecule has 132 valence electrons. The Morgan fingerprint density at radius 2 is 2.24 bits per heavy atom. The molecule has 1 aliphatic rings. The highest BCUT2D eigenvalue weighted by molar-refractivity contribution is 9.10. The van der Waals surface area contributed by atoms with Crippen LogP contribution >= 0.6 is 15.9 Å². The van der Waals surface area contributed by atoms with Gasteiger partial charge in [-0.2, -0.15) is 10.1 Å². The highest BCUT2D eigenvalue weighted by Gasteiger charge is 2.33. The average Bonchev–Trinajstić information content (AvgIpc) is 3.02. The van der Waals surface area contributed by atoms with Crippen LogP contribution in [0.5, 0.6) is 5.75 Å². The van der Waals surface area contributed by atoms with Crippen molar-refractivity contribution in [2.24, 2.45) is 0 Å². The third-order valence-corrected chi connectivity index (χ3v) is 4.69. The van der Waals surface area contributed by atoms with E-state index in [0.717, 1.165) is 34.3 Å². The van der Waals surface area contributed by atoms with E-state index in [-0.39, 0.29) is 11.8 Å². The number of ketones is 1. The Hall–Kier alpha value is -2.15. The first-order chi connectivity index (χ1) is 12.0. The van der Waals surface area contributed by atoms with Crippen LogP contribution in [-0.4, -0.2) is 27.2 Å². The lowest BCUT2D eigenvalue weighted by molar-refractivity contribution is -0.114. The Labute approximate surface area is 155 Å². The minimum Gasteiger partial charge on any atom is -0.493 e. The molecule has 7 heteroatoms. The quantitative estimate of drug-likeness (QED) is 0.733. The van der Waals surface area contributed by atoms with Gasteiger partial charge in [0.1, 0.15) is 18.1 Å². The Kier molecular flexibility index (Phi) is 5.22. The number of fused-ring (bicyclic) bond motifs is 1. The van der Waals surface area contributed by atoms with E-state index in [2.05, 4.69) is 38.3 Å². The highest BCUT2D eigenvalue weighted by atomic mass is 79.9. The second-order valence-corrected chi connectivity index (χ2v) is 6.95. The fraction of sp³-hybridized carbons (Fsp3) is 0.389. The van der Waals surface area contributed by atoms with Gasteiger partial charge in [-0.05, 0) is 38.5 Å². The van der Waals surface area contributed by atoms with Crippen molar-refractivity contribution in [3.63, 3.8) is 0 Å². The molecule has 25 heavy (non-hydrogen) atoms. The SMILES string of the molecule is CCCCOc1ccc(Br)cc1C1C(C(C)=O)=C(C)Nc2ncnn21. The standard InChI is InChI=1S/C18H21BrN4O2/c1-4-5-8-25-15-7-6-13(19)9-14(15)17-16(12(3)24)11(2)22-18-20-10-21-23(17)18/h6-7,9-10,17H,4-5,8H2,1-3H3,(H,20,21,22). The molecule has 1 aromatic heterocycles. The Balaban J connectivity index is 2.13. The van der Waals surface area contributed by atoms with Crippen molar-refractivity contribution in [2.75, 3.05) is 11.9 Å². The van der Waals surface area contributed by atoms with Gasteiger partial charge in [-0.15, -0.1) is 0 Å². The number of carbonyl (C=O) groups is 1. The van der Waals surface area contributed by atoms with Crippen LogP contribution in [-0.2, 0) is 4.79 Å². The van der Waals surface area contributed by atoms with E-state index in [1.165, 1.54) is 6.33 Å². The molecule has 0 aliphatic carbocycles. The summed E-state index contributed by atoms with van der Waals surface area (Å²) in [6.07, 6.45) is 3.52. The molecule has 1 unspecified atom stereocenters. The van der Waals surface area contributed by atoms with E-state index >= 15 is 0 Å². The summed E-state index contributed by atoms with van der Waals surface area (Å²) < 4.78 is 8.66. The summed E-state index contributed by atoms with van der Waals surface area (Å²) in [6.45, 7) is 6.22. The van der Waals surface area contributed by atoms with Crippen molar-refractivity contribution < 1.29 is 9.53 Å². The van der Waals surface area contributed by atoms with Gasteiger partial charge in [0, 0.05) is 21.3 Å². The van der Waals surface area contributed by atoms with Crippen molar-refractivity contribution in [1.29, 1.82) is 0 Å². The molecule has 3 rings (SSSR count). The van der Waals surface area contributed by atoms with E-state index in [1.54, 1.807) is 11.6 Å². The first kappa shape index (κ1) is 17.7. The molecule has 0 spiro atoms. The van der Waals surface area contributed by atoms with Crippen molar-refractivity contribution in [1.82, 2.24) is 14.8 Å². The summed E-state index contributed by atoms with van der Waals surface area (Å²) in [4.78, 5) is 16.6. The number of hydrogen-bond acceptors (Lipinski definition) is 5. The predicted octanol–water partition coefficient (Wildman–Crippen LogP) is 4.10.